The van der Waals surface area contributed by atoms with Crippen molar-refractivity contribution in [3.8, 4) is 0 Å². The molecule has 0 amide bonds. The van der Waals surface area contributed by atoms with Crippen molar-refractivity contribution >= 4 is 56.0 Å². The molecule has 36 heavy (non-hydrogen) atoms. The number of carboxylic acids is 1. The highest BCUT2D eigenvalue weighted by molar-refractivity contribution is 7.92. The number of carbonyl (C=O) groups is 1. The second kappa shape index (κ2) is 9.59. The molecule has 4 aromatic rings. The van der Waals surface area contributed by atoms with Gasteiger partial charge in [0.05, 0.1) is 16.1 Å². The minimum absolute atomic E-state index is 0.0302. The van der Waals surface area contributed by atoms with Crippen molar-refractivity contribution in [3.63, 3.8) is 0 Å². The number of benzene rings is 2. The summed E-state index contributed by atoms with van der Waals surface area (Å²) in [5.74, 6) is 0.0608. The molecule has 2 aromatic heterocycles. The van der Waals surface area contributed by atoms with E-state index in [1.54, 1.807) is 42.7 Å². The summed E-state index contributed by atoms with van der Waals surface area (Å²) in [5.41, 5.74) is 0.679. The Morgan fingerprint density at radius 1 is 0.944 bits per heavy atom. The zero-order valence-corrected chi connectivity index (χ0v) is 20.4. The Labute approximate surface area is 212 Å². The second-order valence-corrected chi connectivity index (χ2v) is 10.2. The molecule has 1 saturated heterocycles. The zero-order valence-electron chi connectivity index (χ0n) is 18.9. The van der Waals surface area contributed by atoms with Crippen LogP contribution in [-0.2, 0) is 10.0 Å². The Hall–Kier alpha value is -3.96. The molecule has 0 atom stereocenters. The summed E-state index contributed by atoms with van der Waals surface area (Å²) >= 11 is 6.05. The number of nitrogens with one attached hydrogen (secondary N) is 1. The number of fused-ring (bicyclic) bond motifs is 1. The van der Waals surface area contributed by atoms with Crippen molar-refractivity contribution < 1.29 is 18.3 Å². The summed E-state index contributed by atoms with van der Waals surface area (Å²) in [6, 6.07) is 14.0. The molecule has 12 heteroatoms. The first-order chi connectivity index (χ1) is 17.3. The molecule has 1 fully saturated rings. The first-order valence-electron chi connectivity index (χ1n) is 11.0. The minimum atomic E-state index is -3.97. The van der Waals surface area contributed by atoms with E-state index in [0.717, 1.165) is 0 Å². The van der Waals surface area contributed by atoms with E-state index in [4.69, 9.17) is 11.6 Å². The lowest BCUT2D eigenvalue weighted by Gasteiger charge is -2.35. The highest BCUT2D eigenvalue weighted by Gasteiger charge is 2.23. The number of hydrogen-bond acceptors (Lipinski definition) is 8. The van der Waals surface area contributed by atoms with Crippen LogP contribution in [0, 0.1) is 0 Å². The number of piperazine rings is 1. The summed E-state index contributed by atoms with van der Waals surface area (Å²) in [7, 11) is -3.97. The van der Waals surface area contributed by atoms with E-state index in [-0.39, 0.29) is 21.2 Å². The molecule has 2 aromatic carbocycles. The maximum Gasteiger partial charge on any atom is 0.336 e. The van der Waals surface area contributed by atoms with Crippen LogP contribution in [0.15, 0.2) is 71.9 Å². The van der Waals surface area contributed by atoms with E-state index >= 15 is 0 Å². The van der Waals surface area contributed by atoms with Crippen molar-refractivity contribution in [2.24, 2.45) is 0 Å². The highest BCUT2D eigenvalue weighted by Crippen LogP contribution is 2.29. The molecule has 0 aliphatic carbocycles. The number of aromatic nitrogens is 3. The summed E-state index contributed by atoms with van der Waals surface area (Å²) in [6.45, 7) is 2.56. The lowest BCUT2D eigenvalue weighted by atomic mass is 10.1. The lowest BCUT2D eigenvalue weighted by Crippen LogP contribution is -2.47. The van der Waals surface area contributed by atoms with Crippen molar-refractivity contribution in [2.45, 2.75) is 4.90 Å². The van der Waals surface area contributed by atoms with E-state index in [1.807, 2.05) is 4.90 Å². The van der Waals surface area contributed by atoms with Gasteiger partial charge in [-0.1, -0.05) is 23.7 Å². The normalized spacial score (nSPS) is 14.1. The third-order valence-electron chi connectivity index (χ3n) is 5.84. The average molecular weight is 525 g/mol. The Balaban J connectivity index is 1.42. The fourth-order valence-corrected chi connectivity index (χ4v) is 5.65. The first kappa shape index (κ1) is 23.8. The lowest BCUT2D eigenvalue weighted by molar-refractivity contribution is 0.0699. The van der Waals surface area contributed by atoms with Gasteiger partial charge in [-0.15, -0.1) is 0 Å². The van der Waals surface area contributed by atoms with Crippen molar-refractivity contribution in [1.82, 2.24) is 15.0 Å². The van der Waals surface area contributed by atoms with Crippen LogP contribution in [0.2, 0.25) is 5.02 Å². The number of hydrogen-bond donors (Lipinski definition) is 2. The minimum Gasteiger partial charge on any atom is -0.478 e. The number of pyridine rings is 1. The highest BCUT2D eigenvalue weighted by atomic mass is 35.5. The first-order valence-corrected chi connectivity index (χ1v) is 12.9. The van der Waals surface area contributed by atoms with Gasteiger partial charge in [0.2, 0.25) is 5.95 Å². The van der Waals surface area contributed by atoms with Crippen LogP contribution in [0.1, 0.15) is 10.4 Å². The smallest absolute Gasteiger partial charge is 0.336 e. The third kappa shape index (κ3) is 4.75. The molecule has 0 radical (unpaired) electrons. The van der Waals surface area contributed by atoms with Crippen LogP contribution in [-0.4, -0.2) is 60.6 Å². The number of rotatable bonds is 6. The largest absolute Gasteiger partial charge is 0.478 e. The van der Waals surface area contributed by atoms with Crippen LogP contribution in [0.5, 0.6) is 0 Å². The molecule has 10 nitrogen and oxygen atoms in total. The number of aromatic carboxylic acids is 1. The maximum absolute atomic E-state index is 12.8. The molecule has 0 spiro atoms. The molecule has 3 heterocycles. The van der Waals surface area contributed by atoms with Crippen LogP contribution < -0.4 is 14.5 Å². The van der Waals surface area contributed by atoms with Gasteiger partial charge in [0, 0.05) is 49.6 Å². The van der Waals surface area contributed by atoms with Crippen molar-refractivity contribution in [3.05, 3.63) is 77.6 Å². The zero-order chi connectivity index (χ0) is 25.3. The molecule has 184 valence electrons. The summed E-state index contributed by atoms with van der Waals surface area (Å²) in [6.07, 6.45) is 3.39. The Kier molecular flexibility index (Phi) is 6.33. The fraction of sp³-hybridized carbons (Fsp3) is 0.167. The monoisotopic (exact) mass is 524 g/mol. The van der Waals surface area contributed by atoms with Crippen LogP contribution in [0.4, 0.5) is 17.5 Å². The van der Waals surface area contributed by atoms with E-state index in [9.17, 15) is 18.3 Å². The van der Waals surface area contributed by atoms with Gasteiger partial charge in [0.25, 0.3) is 10.0 Å². The SMILES string of the molecule is O=C(O)c1cc(N2CCN(c3ncccn3)CC2)nc2ccc(NS(=O)(=O)c3ccccc3Cl)cc12. The topological polar surface area (TPSA) is 129 Å². The Bertz CT molecular complexity index is 1540. The van der Waals surface area contributed by atoms with E-state index in [2.05, 4.69) is 24.6 Å². The molecular weight excluding hydrogens is 504 g/mol. The fourth-order valence-electron chi connectivity index (χ4n) is 4.08. The maximum atomic E-state index is 12.8. The molecule has 0 bridgehead atoms. The number of sulfonamides is 1. The number of halogens is 1. The van der Waals surface area contributed by atoms with Gasteiger partial charge in [-0.2, -0.15) is 0 Å². The van der Waals surface area contributed by atoms with Crippen LogP contribution >= 0.6 is 11.6 Å². The molecule has 0 saturated carbocycles. The number of anilines is 3. The number of nitrogens with zero attached hydrogens (tertiary/aromatic N) is 5. The van der Waals surface area contributed by atoms with Crippen LogP contribution in [0.25, 0.3) is 10.9 Å². The van der Waals surface area contributed by atoms with Crippen molar-refractivity contribution in [1.29, 1.82) is 0 Å². The Morgan fingerprint density at radius 2 is 1.64 bits per heavy atom. The van der Waals surface area contributed by atoms with Crippen LogP contribution in [0.3, 0.4) is 0 Å². The molecule has 1 aliphatic heterocycles. The standard InChI is InChI=1S/C24H21ClN6O4S/c25-19-4-1-2-5-21(19)36(34,35)29-16-6-7-20-17(14-16)18(23(32)33)15-22(28-20)30-10-12-31(13-11-30)24-26-8-3-9-27-24/h1-9,14-15,29H,10-13H2,(H,32,33). The molecule has 2 N–H and O–H groups in total. The van der Waals surface area contributed by atoms with Crippen molar-refractivity contribution in [2.75, 3.05) is 40.7 Å². The van der Waals surface area contributed by atoms with Gasteiger partial charge in [-0.3, -0.25) is 4.72 Å². The molecule has 5 rings (SSSR count). The average Bonchev–Trinajstić information content (AvgIpc) is 2.88. The predicted molar refractivity (Wildman–Crippen MR) is 137 cm³/mol. The van der Waals surface area contributed by atoms with Gasteiger partial charge in [-0.25, -0.2) is 28.2 Å². The summed E-state index contributed by atoms with van der Waals surface area (Å²) < 4.78 is 28.1. The van der Waals surface area contributed by atoms with Gasteiger partial charge in [0.1, 0.15) is 10.7 Å². The predicted octanol–water partition coefficient (Wildman–Crippen LogP) is 3.50. The molecule has 1 aliphatic rings. The second-order valence-electron chi connectivity index (χ2n) is 8.12. The van der Waals surface area contributed by atoms with Gasteiger partial charge in [-0.05, 0) is 42.5 Å². The molecule has 0 unspecified atom stereocenters. The van der Waals surface area contributed by atoms with E-state index in [1.165, 1.54) is 24.3 Å². The quantitative estimate of drug-likeness (QED) is 0.389. The Morgan fingerprint density at radius 3 is 2.33 bits per heavy atom. The van der Waals surface area contributed by atoms with E-state index in [0.29, 0.717) is 48.8 Å². The summed E-state index contributed by atoms with van der Waals surface area (Å²) in [5, 5.41) is 10.3. The molecular formula is C24H21ClN6O4S. The third-order valence-corrected chi connectivity index (χ3v) is 7.72. The van der Waals surface area contributed by atoms with E-state index < -0.39 is 16.0 Å². The van der Waals surface area contributed by atoms with Gasteiger partial charge < -0.3 is 14.9 Å². The number of carboxylic acid groups (broad SMARTS) is 1. The van der Waals surface area contributed by atoms with Gasteiger partial charge >= 0.3 is 5.97 Å². The summed E-state index contributed by atoms with van der Waals surface area (Å²) in [4.78, 5) is 29.4. The van der Waals surface area contributed by atoms with Gasteiger partial charge in [0.15, 0.2) is 0 Å².